The van der Waals surface area contributed by atoms with Crippen molar-refractivity contribution < 1.29 is 4.79 Å². The number of rotatable bonds is 1. The minimum Gasteiger partial charge on any atom is -0.352 e. The number of amides is 2. The van der Waals surface area contributed by atoms with Crippen LogP contribution in [0.1, 0.15) is 17.0 Å². The summed E-state index contributed by atoms with van der Waals surface area (Å²) < 4.78 is 1.13. The normalized spacial score (nSPS) is 30.6. The Bertz CT molecular complexity index is 446. The second-order valence-corrected chi connectivity index (χ2v) is 5.19. The fourth-order valence-corrected chi connectivity index (χ4v) is 3.15. The van der Waals surface area contributed by atoms with E-state index in [4.69, 9.17) is 5.73 Å². The van der Waals surface area contributed by atoms with Gasteiger partial charge in [0.05, 0.1) is 0 Å². The molecule has 1 aromatic carbocycles. The number of fused-ring (bicyclic) bond motifs is 3. The molecule has 3 rings (SSSR count). The van der Waals surface area contributed by atoms with Crippen LogP contribution in [-0.4, -0.2) is 12.1 Å². The van der Waals surface area contributed by atoms with Gasteiger partial charge < -0.3 is 11.1 Å². The Hall–Kier alpha value is -1.03. The smallest absolute Gasteiger partial charge is 0.312 e. The number of hydrogen-bond acceptors (Lipinski definition) is 1. The lowest BCUT2D eigenvalue weighted by Gasteiger charge is -2.08. The molecule has 0 unspecified atom stereocenters. The average molecular weight is 267 g/mol. The maximum absolute atomic E-state index is 10.8. The van der Waals surface area contributed by atoms with Crippen molar-refractivity contribution in [3.8, 4) is 0 Å². The molecule has 78 valence electrons. The van der Waals surface area contributed by atoms with Crippen molar-refractivity contribution in [3.05, 3.63) is 33.8 Å². The number of urea groups is 1. The maximum Gasteiger partial charge on any atom is 0.312 e. The van der Waals surface area contributed by atoms with Crippen LogP contribution in [-0.2, 0) is 6.42 Å². The number of carbonyl (C=O) groups excluding carboxylic acids is 1. The molecule has 1 fully saturated rings. The summed E-state index contributed by atoms with van der Waals surface area (Å²) in [5.41, 5.74) is 7.90. The summed E-state index contributed by atoms with van der Waals surface area (Å²) in [5, 5.41) is 2.80. The monoisotopic (exact) mass is 266 g/mol. The molecule has 0 saturated heterocycles. The molecule has 0 heterocycles. The van der Waals surface area contributed by atoms with Gasteiger partial charge in [0.15, 0.2) is 0 Å². The molecule has 2 aliphatic carbocycles. The summed E-state index contributed by atoms with van der Waals surface area (Å²) in [6.45, 7) is 0. The second kappa shape index (κ2) is 2.98. The standard InChI is InChI=1S/C11H11BrN2O/c12-6-1-2-7-5(3-6)4-8-9(7)10(8)14-11(13)15/h1-3,8-10H,4H2,(H3,13,14,15)/t8-,9+,10+/m0/s1. The van der Waals surface area contributed by atoms with Crippen LogP contribution >= 0.6 is 15.9 Å². The predicted molar refractivity (Wildman–Crippen MR) is 60.6 cm³/mol. The second-order valence-electron chi connectivity index (χ2n) is 4.27. The Morgan fingerprint density at radius 1 is 1.53 bits per heavy atom. The van der Waals surface area contributed by atoms with Crippen LogP contribution in [0.2, 0.25) is 0 Å². The number of benzene rings is 1. The van der Waals surface area contributed by atoms with E-state index in [9.17, 15) is 4.79 Å². The number of nitrogens with two attached hydrogens (primary N) is 1. The highest BCUT2D eigenvalue weighted by Crippen LogP contribution is 2.56. The van der Waals surface area contributed by atoms with Crippen molar-refractivity contribution in [1.82, 2.24) is 5.32 Å². The SMILES string of the molecule is NC(=O)N[C@@H]1[C@H]2Cc3cc(Br)ccc3[C@H]21. The number of primary amides is 1. The number of hydrogen-bond donors (Lipinski definition) is 2. The maximum atomic E-state index is 10.8. The molecule has 4 heteroatoms. The van der Waals surface area contributed by atoms with Gasteiger partial charge in [-0.1, -0.05) is 22.0 Å². The quantitative estimate of drug-likeness (QED) is 0.800. The number of nitrogens with one attached hydrogen (secondary N) is 1. The van der Waals surface area contributed by atoms with Crippen LogP contribution in [0.15, 0.2) is 22.7 Å². The minimum absolute atomic E-state index is 0.274. The summed E-state index contributed by atoms with van der Waals surface area (Å²) >= 11 is 3.47. The Morgan fingerprint density at radius 3 is 3.07 bits per heavy atom. The fourth-order valence-electron chi connectivity index (χ4n) is 2.74. The van der Waals surface area contributed by atoms with Gasteiger partial charge in [0.25, 0.3) is 0 Å². The summed E-state index contributed by atoms with van der Waals surface area (Å²) in [5.74, 6) is 1.07. The van der Waals surface area contributed by atoms with Crippen LogP contribution < -0.4 is 11.1 Å². The van der Waals surface area contributed by atoms with Crippen LogP contribution in [0.5, 0.6) is 0 Å². The Kier molecular flexibility index (Phi) is 1.83. The van der Waals surface area contributed by atoms with E-state index in [-0.39, 0.29) is 6.04 Å². The largest absolute Gasteiger partial charge is 0.352 e. The topological polar surface area (TPSA) is 55.1 Å². The van der Waals surface area contributed by atoms with Gasteiger partial charge in [0.2, 0.25) is 0 Å². The first-order valence-electron chi connectivity index (χ1n) is 5.01. The molecule has 2 amide bonds. The molecular formula is C11H11BrN2O. The lowest BCUT2D eigenvalue weighted by molar-refractivity contribution is 0.248. The van der Waals surface area contributed by atoms with Crippen LogP contribution in [0.3, 0.4) is 0 Å². The lowest BCUT2D eigenvalue weighted by atomic mass is 10.1. The predicted octanol–water partition coefficient (Wildman–Crippen LogP) is 1.76. The molecule has 3 atom stereocenters. The van der Waals surface area contributed by atoms with Crippen LogP contribution in [0, 0.1) is 5.92 Å². The molecule has 1 aromatic rings. The van der Waals surface area contributed by atoms with E-state index in [1.165, 1.54) is 11.1 Å². The summed E-state index contributed by atoms with van der Waals surface area (Å²) in [6.07, 6.45) is 1.06. The number of carbonyl (C=O) groups is 1. The van der Waals surface area contributed by atoms with Gasteiger partial charge in [-0.05, 0) is 35.6 Å². The summed E-state index contributed by atoms with van der Waals surface area (Å²) in [7, 11) is 0. The third-order valence-electron chi connectivity index (χ3n) is 3.40. The molecule has 0 aromatic heterocycles. The first-order valence-corrected chi connectivity index (χ1v) is 5.80. The third kappa shape index (κ3) is 1.35. The van der Waals surface area contributed by atoms with Gasteiger partial charge in [0.1, 0.15) is 0 Å². The highest BCUT2D eigenvalue weighted by molar-refractivity contribution is 9.10. The van der Waals surface area contributed by atoms with E-state index in [1.54, 1.807) is 0 Å². The highest BCUT2D eigenvalue weighted by Gasteiger charge is 2.56. The van der Waals surface area contributed by atoms with Crippen molar-refractivity contribution in [3.63, 3.8) is 0 Å². The van der Waals surface area contributed by atoms with Gasteiger partial charge in [-0.25, -0.2) is 4.79 Å². The van der Waals surface area contributed by atoms with E-state index < -0.39 is 6.03 Å². The Morgan fingerprint density at radius 2 is 2.33 bits per heavy atom. The molecule has 1 saturated carbocycles. The zero-order valence-electron chi connectivity index (χ0n) is 8.03. The summed E-state index contributed by atoms with van der Waals surface area (Å²) in [6, 6.07) is 6.24. The van der Waals surface area contributed by atoms with E-state index in [0.29, 0.717) is 11.8 Å². The molecule has 0 bridgehead atoms. The van der Waals surface area contributed by atoms with Crippen LogP contribution in [0.25, 0.3) is 0 Å². The highest BCUT2D eigenvalue weighted by atomic mass is 79.9. The summed E-state index contributed by atoms with van der Waals surface area (Å²) in [4.78, 5) is 10.8. The minimum atomic E-state index is -0.409. The van der Waals surface area contributed by atoms with Crippen molar-refractivity contribution in [2.45, 2.75) is 18.4 Å². The molecule has 3 N–H and O–H groups in total. The van der Waals surface area contributed by atoms with Crippen molar-refractivity contribution in [2.75, 3.05) is 0 Å². The first kappa shape index (κ1) is 9.21. The zero-order valence-corrected chi connectivity index (χ0v) is 9.62. The van der Waals surface area contributed by atoms with E-state index in [1.807, 2.05) is 0 Å². The van der Waals surface area contributed by atoms with Crippen molar-refractivity contribution >= 4 is 22.0 Å². The molecule has 0 radical (unpaired) electrons. The molecule has 15 heavy (non-hydrogen) atoms. The Labute approximate surface area is 96.2 Å². The molecule has 3 nitrogen and oxygen atoms in total. The molecule has 2 aliphatic rings. The van der Waals surface area contributed by atoms with Gasteiger partial charge in [0, 0.05) is 16.4 Å². The third-order valence-corrected chi connectivity index (χ3v) is 3.89. The van der Waals surface area contributed by atoms with Gasteiger partial charge in [-0.2, -0.15) is 0 Å². The fraction of sp³-hybridized carbons (Fsp3) is 0.364. The average Bonchev–Trinajstić information content (AvgIpc) is 2.69. The van der Waals surface area contributed by atoms with Gasteiger partial charge in [-0.3, -0.25) is 0 Å². The van der Waals surface area contributed by atoms with Gasteiger partial charge >= 0.3 is 6.03 Å². The number of halogens is 1. The molecule has 0 aliphatic heterocycles. The van der Waals surface area contributed by atoms with Crippen molar-refractivity contribution in [1.29, 1.82) is 0 Å². The first-order chi connectivity index (χ1) is 7.16. The zero-order chi connectivity index (χ0) is 10.6. The van der Waals surface area contributed by atoms with E-state index >= 15 is 0 Å². The Balaban J connectivity index is 1.85. The van der Waals surface area contributed by atoms with Gasteiger partial charge in [-0.15, -0.1) is 0 Å². The molecular weight excluding hydrogens is 256 g/mol. The van der Waals surface area contributed by atoms with Crippen molar-refractivity contribution in [2.24, 2.45) is 11.7 Å². The van der Waals surface area contributed by atoms with E-state index in [2.05, 4.69) is 39.4 Å². The lowest BCUT2D eigenvalue weighted by Crippen LogP contribution is -2.33. The van der Waals surface area contributed by atoms with E-state index in [0.717, 1.165) is 10.9 Å². The molecule has 0 spiro atoms. The van der Waals surface area contributed by atoms with Crippen LogP contribution in [0.4, 0.5) is 4.79 Å².